The number of aromatic nitrogens is 1. The molecule has 0 spiro atoms. The topological polar surface area (TPSA) is 45.6 Å². The van der Waals surface area contributed by atoms with E-state index in [1.54, 1.807) is 5.01 Å². The average Bonchev–Trinajstić information content (AvgIpc) is 2.93. The van der Waals surface area contributed by atoms with Gasteiger partial charge in [0.05, 0.1) is 11.1 Å². The molecule has 1 aromatic rings. The summed E-state index contributed by atoms with van der Waals surface area (Å²) < 4.78 is 39.6. The molecule has 0 amide bonds. The standard InChI is InChI=1S/C19H22F3N3OS/c1-18(2,3)17-24-25(11-12-5-4-6-12)16(27-17)9-15(26)13-10-23-8-7-14(13)19(20,21)22/h7-10,12H,4-6,11H2,1-3H3. The number of carbonyl (C=O) groups excluding carboxylic acids is 1. The van der Waals surface area contributed by atoms with Crippen LogP contribution in [0, 0.1) is 11.3 Å². The van der Waals surface area contributed by atoms with Gasteiger partial charge in [0.15, 0.2) is 5.78 Å². The fourth-order valence-electron chi connectivity index (χ4n) is 2.82. The van der Waals surface area contributed by atoms with Crippen LogP contribution in [0.2, 0.25) is 0 Å². The molecule has 0 bridgehead atoms. The van der Waals surface area contributed by atoms with E-state index in [-0.39, 0.29) is 5.41 Å². The molecule has 146 valence electrons. The number of nitrogens with zero attached hydrogens (tertiary/aromatic N) is 3. The van der Waals surface area contributed by atoms with Gasteiger partial charge in [-0.25, -0.2) is 0 Å². The summed E-state index contributed by atoms with van der Waals surface area (Å²) in [7, 11) is 0. The Hall–Kier alpha value is -1.83. The molecule has 0 N–H and O–H groups in total. The van der Waals surface area contributed by atoms with Crippen LogP contribution in [0.1, 0.15) is 56.0 Å². The Labute approximate surface area is 160 Å². The quantitative estimate of drug-likeness (QED) is 0.509. The normalized spacial score (nSPS) is 20.0. The minimum atomic E-state index is -4.60. The second-order valence-corrected chi connectivity index (χ2v) is 8.91. The SMILES string of the molecule is CC(C)(C)C1=NN(CC2CCC2)C(=CC(=O)c2cnccc2C(F)(F)F)S1. The van der Waals surface area contributed by atoms with Gasteiger partial charge in [0.25, 0.3) is 0 Å². The molecule has 0 radical (unpaired) electrons. The predicted octanol–water partition coefficient (Wildman–Crippen LogP) is 5.33. The van der Waals surface area contributed by atoms with Crippen LogP contribution >= 0.6 is 11.8 Å². The fourth-order valence-corrected chi connectivity index (χ4v) is 3.85. The van der Waals surface area contributed by atoms with Gasteiger partial charge in [-0.2, -0.15) is 18.3 Å². The number of halogens is 3. The van der Waals surface area contributed by atoms with Gasteiger partial charge in [0, 0.05) is 30.4 Å². The molecule has 0 unspecified atom stereocenters. The molecule has 1 aliphatic heterocycles. The third-order valence-electron chi connectivity index (χ3n) is 4.61. The Morgan fingerprint density at radius 3 is 2.59 bits per heavy atom. The van der Waals surface area contributed by atoms with Gasteiger partial charge in [-0.3, -0.25) is 14.8 Å². The van der Waals surface area contributed by atoms with Crippen molar-refractivity contribution in [2.75, 3.05) is 6.54 Å². The smallest absolute Gasteiger partial charge is 0.289 e. The van der Waals surface area contributed by atoms with E-state index in [1.807, 2.05) is 20.8 Å². The number of allylic oxidation sites excluding steroid dienone is 1. The van der Waals surface area contributed by atoms with Crippen molar-refractivity contribution in [3.63, 3.8) is 0 Å². The van der Waals surface area contributed by atoms with E-state index in [0.29, 0.717) is 17.5 Å². The molecule has 0 saturated heterocycles. The maximum atomic E-state index is 13.2. The summed E-state index contributed by atoms with van der Waals surface area (Å²) in [5.74, 6) is -0.196. The van der Waals surface area contributed by atoms with Crippen molar-refractivity contribution in [1.82, 2.24) is 9.99 Å². The van der Waals surface area contributed by atoms with Crippen molar-refractivity contribution in [1.29, 1.82) is 0 Å². The largest absolute Gasteiger partial charge is 0.417 e. The van der Waals surface area contributed by atoms with Crippen LogP contribution < -0.4 is 0 Å². The molecule has 0 aromatic carbocycles. The number of ketones is 1. The summed E-state index contributed by atoms with van der Waals surface area (Å²) in [5, 5.41) is 7.84. The van der Waals surface area contributed by atoms with Crippen LogP contribution in [0.3, 0.4) is 0 Å². The zero-order valence-corrected chi connectivity index (χ0v) is 16.3. The number of rotatable bonds is 4. The third-order valence-corrected chi connectivity index (χ3v) is 6.04. The van der Waals surface area contributed by atoms with E-state index in [9.17, 15) is 18.0 Å². The molecule has 3 rings (SSSR count). The summed E-state index contributed by atoms with van der Waals surface area (Å²) in [6.07, 6.45) is 2.09. The Morgan fingerprint density at radius 2 is 2.04 bits per heavy atom. The maximum Gasteiger partial charge on any atom is 0.417 e. The average molecular weight is 397 g/mol. The van der Waals surface area contributed by atoms with Crippen molar-refractivity contribution >= 4 is 22.6 Å². The van der Waals surface area contributed by atoms with E-state index >= 15 is 0 Å². The van der Waals surface area contributed by atoms with E-state index in [0.717, 1.165) is 36.3 Å². The first-order valence-corrected chi connectivity index (χ1v) is 9.69. The van der Waals surface area contributed by atoms with Gasteiger partial charge in [-0.15, -0.1) is 0 Å². The molecule has 1 fully saturated rings. The van der Waals surface area contributed by atoms with E-state index < -0.39 is 23.1 Å². The van der Waals surface area contributed by atoms with Crippen molar-refractivity contribution in [2.45, 2.75) is 46.2 Å². The predicted molar refractivity (Wildman–Crippen MR) is 100 cm³/mol. The van der Waals surface area contributed by atoms with Gasteiger partial charge < -0.3 is 0 Å². The zero-order chi connectivity index (χ0) is 19.8. The molecule has 1 aromatic heterocycles. The molecule has 0 atom stereocenters. The number of hydrazone groups is 1. The highest BCUT2D eigenvalue weighted by molar-refractivity contribution is 8.17. The summed E-state index contributed by atoms with van der Waals surface area (Å²) in [6.45, 7) is 6.75. The number of hydrogen-bond donors (Lipinski definition) is 0. The lowest BCUT2D eigenvalue weighted by atomic mass is 9.85. The molecule has 2 aliphatic rings. The summed E-state index contributed by atoms with van der Waals surface area (Å²) in [6, 6.07) is 0.830. The molecule has 2 heterocycles. The van der Waals surface area contributed by atoms with Crippen molar-refractivity contribution in [3.8, 4) is 0 Å². The van der Waals surface area contributed by atoms with Crippen LogP contribution in [-0.2, 0) is 6.18 Å². The molecule has 27 heavy (non-hydrogen) atoms. The van der Waals surface area contributed by atoms with Gasteiger partial charge in [-0.05, 0) is 24.8 Å². The number of pyridine rings is 1. The van der Waals surface area contributed by atoms with Crippen LogP contribution in [0.5, 0.6) is 0 Å². The highest BCUT2D eigenvalue weighted by atomic mass is 32.2. The highest BCUT2D eigenvalue weighted by Gasteiger charge is 2.36. The number of carbonyl (C=O) groups is 1. The first kappa shape index (κ1) is 19.9. The van der Waals surface area contributed by atoms with Gasteiger partial charge in [-0.1, -0.05) is 39.0 Å². The first-order valence-electron chi connectivity index (χ1n) is 8.87. The minimum Gasteiger partial charge on any atom is -0.289 e. The molecule has 8 heteroatoms. The van der Waals surface area contributed by atoms with E-state index in [1.165, 1.54) is 24.3 Å². The van der Waals surface area contributed by atoms with Gasteiger partial charge >= 0.3 is 6.18 Å². The van der Waals surface area contributed by atoms with Crippen LogP contribution in [0.4, 0.5) is 13.2 Å². The second kappa shape index (κ2) is 7.30. The molecular formula is C19H22F3N3OS. The Balaban J connectivity index is 1.89. The van der Waals surface area contributed by atoms with Crippen LogP contribution in [-0.4, -0.2) is 27.4 Å². The Bertz CT molecular complexity index is 792. The number of hydrogen-bond acceptors (Lipinski definition) is 5. The van der Waals surface area contributed by atoms with Gasteiger partial charge in [0.1, 0.15) is 10.1 Å². The second-order valence-electron chi connectivity index (χ2n) is 7.90. The van der Waals surface area contributed by atoms with Crippen molar-refractivity contribution in [3.05, 3.63) is 40.7 Å². The molecular weight excluding hydrogens is 375 g/mol. The molecule has 1 aliphatic carbocycles. The first-order chi connectivity index (χ1) is 12.6. The minimum absolute atomic E-state index is 0.202. The van der Waals surface area contributed by atoms with Crippen LogP contribution in [0.25, 0.3) is 0 Å². The maximum absolute atomic E-state index is 13.2. The summed E-state index contributed by atoms with van der Waals surface area (Å²) in [5.41, 5.74) is -1.61. The summed E-state index contributed by atoms with van der Waals surface area (Å²) >= 11 is 1.35. The van der Waals surface area contributed by atoms with Crippen LogP contribution in [0.15, 0.2) is 34.7 Å². The van der Waals surface area contributed by atoms with Crippen molar-refractivity contribution in [2.24, 2.45) is 16.4 Å². The Kier molecular flexibility index (Phi) is 5.38. The lowest BCUT2D eigenvalue weighted by Gasteiger charge is -2.29. The van der Waals surface area contributed by atoms with E-state index in [4.69, 9.17) is 0 Å². The zero-order valence-electron chi connectivity index (χ0n) is 15.5. The lowest BCUT2D eigenvalue weighted by Crippen LogP contribution is -2.26. The lowest BCUT2D eigenvalue weighted by molar-refractivity contribution is -0.137. The number of thioether (sulfide) groups is 1. The highest BCUT2D eigenvalue weighted by Crippen LogP contribution is 2.40. The molecule has 4 nitrogen and oxygen atoms in total. The Morgan fingerprint density at radius 1 is 1.33 bits per heavy atom. The van der Waals surface area contributed by atoms with Crippen molar-refractivity contribution < 1.29 is 18.0 Å². The molecule has 1 saturated carbocycles. The monoisotopic (exact) mass is 397 g/mol. The fraction of sp³-hybridized carbons (Fsp3) is 0.526. The van der Waals surface area contributed by atoms with Gasteiger partial charge in [0.2, 0.25) is 0 Å². The van der Waals surface area contributed by atoms with E-state index in [2.05, 4.69) is 10.1 Å². The summed E-state index contributed by atoms with van der Waals surface area (Å²) in [4.78, 5) is 16.3. The number of alkyl halides is 3. The third kappa shape index (κ3) is 4.54.